The first kappa shape index (κ1) is 17.7. The topological polar surface area (TPSA) is 37.1 Å². The van der Waals surface area contributed by atoms with Crippen molar-refractivity contribution in [2.24, 2.45) is 0 Å². The average Bonchev–Trinajstić information content (AvgIpc) is 3.44. The third-order valence-corrected chi connectivity index (χ3v) is 6.72. The normalized spacial score (nSPS) is 22.0. The van der Waals surface area contributed by atoms with Crippen molar-refractivity contribution in [3.05, 3.63) is 108 Å². The second kappa shape index (κ2) is 7.14. The van der Waals surface area contributed by atoms with E-state index in [1.807, 2.05) is 79.7 Å². The summed E-state index contributed by atoms with van der Waals surface area (Å²) in [6.07, 6.45) is 3.98. The Hall–Kier alpha value is -2.69. The lowest BCUT2D eigenvalue weighted by molar-refractivity contribution is 0.550. The van der Waals surface area contributed by atoms with Gasteiger partial charge in [-0.1, -0.05) is 90.5 Å². The van der Waals surface area contributed by atoms with Crippen molar-refractivity contribution in [1.29, 1.82) is 0 Å². The van der Waals surface area contributed by atoms with Crippen LogP contribution in [-0.4, -0.2) is 18.8 Å². The van der Waals surface area contributed by atoms with Crippen molar-refractivity contribution < 1.29 is 8.42 Å². The van der Waals surface area contributed by atoms with Crippen LogP contribution in [0.25, 0.3) is 6.08 Å². The van der Waals surface area contributed by atoms with Crippen LogP contribution in [0.5, 0.6) is 0 Å². The highest BCUT2D eigenvalue weighted by molar-refractivity contribution is 7.89. The molecule has 1 saturated heterocycles. The highest BCUT2D eigenvalue weighted by Gasteiger charge is 2.54. The van der Waals surface area contributed by atoms with Gasteiger partial charge >= 0.3 is 0 Å². The van der Waals surface area contributed by atoms with Crippen molar-refractivity contribution in [2.45, 2.75) is 23.9 Å². The van der Waals surface area contributed by atoms with Crippen LogP contribution >= 0.6 is 0 Å². The van der Waals surface area contributed by atoms with E-state index in [0.717, 1.165) is 16.7 Å². The van der Waals surface area contributed by atoms with E-state index in [1.165, 1.54) is 0 Å². The van der Waals surface area contributed by atoms with E-state index in [1.54, 1.807) is 28.6 Å². The van der Waals surface area contributed by atoms with Crippen LogP contribution in [-0.2, 0) is 10.0 Å². The van der Waals surface area contributed by atoms with Crippen LogP contribution in [0, 0.1) is 6.92 Å². The fraction of sp³-hybridized carbons (Fsp3) is 0.130. The third-order valence-electron chi connectivity index (χ3n) is 4.82. The van der Waals surface area contributed by atoms with Gasteiger partial charge in [0.05, 0.1) is 17.0 Å². The van der Waals surface area contributed by atoms with Crippen molar-refractivity contribution in [3.63, 3.8) is 0 Å². The zero-order valence-corrected chi connectivity index (χ0v) is 15.9. The van der Waals surface area contributed by atoms with E-state index in [4.69, 9.17) is 0 Å². The van der Waals surface area contributed by atoms with Gasteiger partial charge in [0, 0.05) is 0 Å². The Bertz CT molecular complexity index is 1040. The number of sulfonamides is 1. The van der Waals surface area contributed by atoms with Gasteiger partial charge in [0.1, 0.15) is 0 Å². The number of nitrogens with zero attached hydrogens (tertiary/aromatic N) is 1. The molecule has 3 atom stereocenters. The molecule has 0 N–H and O–H groups in total. The highest BCUT2D eigenvalue weighted by Crippen LogP contribution is 2.48. The molecule has 3 nitrogen and oxygen atoms in total. The Labute approximate surface area is 160 Å². The molecule has 0 spiro atoms. The minimum Gasteiger partial charge on any atom is -0.207 e. The van der Waals surface area contributed by atoms with Crippen LogP contribution in [0.2, 0.25) is 0 Å². The Morgan fingerprint density at radius 2 is 1.41 bits per heavy atom. The number of rotatable bonds is 5. The van der Waals surface area contributed by atoms with E-state index >= 15 is 0 Å². The van der Waals surface area contributed by atoms with Crippen LogP contribution < -0.4 is 0 Å². The molecule has 0 saturated carbocycles. The molecule has 3 aromatic carbocycles. The minimum atomic E-state index is -3.54. The minimum absolute atomic E-state index is 0.171. The summed E-state index contributed by atoms with van der Waals surface area (Å²) in [4.78, 5) is 0.331. The molecule has 4 rings (SSSR count). The summed E-state index contributed by atoms with van der Waals surface area (Å²) in [6.45, 7) is 2.03. The summed E-state index contributed by atoms with van der Waals surface area (Å²) in [6, 6.07) is 26.3. The van der Waals surface area contributed by atoms with Gasteiger partial charge in [0.15, 0.2) is 0 Å². The molecule has 27 heavy (non-hydrogen) atoms. The first-order chi connectivity index (χ1) is 13.1. The van der Waals surface area contributed by atoms with Gasteiger partial charge in [-0.25, -0.2) is 8.42 Å². The quantitative estimate of drug-likeness (QED) is 0.600. The van der Waals surface area contributed by atoms with Gasteiger partial charge in [-0.05, 0) is 30.2 Å². The molecule has 3 aromatic rings. The molecule has 1 aliphatic heterocycles. The predicted octanol–water partition coefficient (Wildman–Crippen LogP) is 4.82. The molecule has 0 aromatic heterocycles. The average molecular weight is 375 g/mol. The van der Waals surface area contributed by atoms with E-state index < -0.39 is 10.0 Å². The van der Waals surface area contributed by atoms with Crippen LogP contribution in [0.15, 0.2) is 95.9 Å². The van der Waals surface area contributed by atoms with Crippen LogP contribution in [0.4, 0.5) is 0 Å². The van der Waals surface area contributed by atoms with Gasteiger partial charge in [0.25, 0.3) is 0 Å². The maximum atomic E-state index is 13.2. The largest absolute Gasteiger partial charge is 0.244 e. The van der Waals surface area contributed by atoms with Crippen molar-refractivity contribution in [1.82, 2.24) is 4.31 Å². The zero-order valence-electron chi connectivity index (χ0n) is 15.1. The van der Waals surface area contributed by atoms with E-state index in [0.29, 0.717) is 4.90 Å². The van der Waals surface area contributed by atoms with E-state index in [-0.39, 0.29) is 12.1 Å². The Morgan fingerprint density at radius 3 is 2.04 bits per heavy atom. The van der Waals surface area contributed by atoms with Crippen molar-refractivity contribution >= 4 is 16.1 Å². The Balaban J connectivity index is 1.68. The zero-order chi connectivity index (χ0) is 18.9. The fourth-order valence-corrected chi connectivity index (χ4v) is 5.07. The molecule has 1 heterocycles. The summed E-state index contributed by atoms with van der Waals surface area (Å²) in [5.74, 6) is 0. The Morgan fingerprint density at radius 1 is 0.815 bits per heavy atom. The summed E-state index contributed by atoms with van der Waals surface area (Å²) >= 11 is 0. The SMILES string of the molecule is Cc1ccc([C@H]2[C@@H](/C=C/c3ccccc3)N2S(=O)(=O)c2ccccc2)cc1. The summed E-state index contributed by atoms with van der Waals surface area (Å²) in [7, 11) is -3.54. The maximum Gasteiger partial charge on any atom is 0.244 e. The second-order valence-corrected chi connectivity index (χ2v) is 8.61. The standard InChI is InChI=1S/C23H21NO2S/c1-18-12-15-20(16-13-18)23-22(17-14-19-8-4-2-5-9-19)24(23)27(25,26)21-10-6-3-7-11-21/h2-17,22-23H,1H3/b17-14+/t22-,23+,24?/m1/s1. The summed E-state index contributed by atoms with van der Waals surface area (Å²) in [5.41, 5.74) is 3.24. The molecule has 1 unspecified atom stereocenters. The molecular weight excluding hydrogens is 354 g/mol. The lowest BCUT2D eigenvalue weighted by Crippen LogP contribution is -2.14. The Kier molecular flexibility index (Phi) is 4.68. The molecule has 0 radical (unpaired) electrons. The predicted molar refractivity (Wildman–Crippen MR) is 109 cm³/mol. The van der Waals surface area contributed by atoms with Crippen molar-refractivity contribution in [2.75, 3.05) is 0 Å². The fourth-order valence-electron chi connectivity index (χ4n) is 3.32. The number of aryl methyl sites for hydroxylation is 1. The molecule has 1 fully saturated rings. The summed E-state index contributed by atoms with van der Waals surface area (Å²) in [5, 5.41) is 0. The van der Waals surface area contributed by atoms with Gasteiger partial charge in [-0.2, -0.15) is 4.31 Å². The summed E-state index contributed by atoms with van der Waals surface area (Å²) < 4.78 is 27.9. The van der Waals surface area contributed by atoms with Gasteiger partial charge in [-0.3, -0.25) is 0 Å². The van der Waals surface area contributed by atoms with Crippen LogP contribution in [0.3, 0.4) is 0 Å². The molecule has 1 aliphatic rings. The number of hydrogen-bond donors (Lipinski definition) is 0. The number of benzene rings is 3. The smallest absolute Gasteiger partial charge is 0.207 e. The first-order valence-corrected chi connectivity index (χ1v) is 10.4. The monoisotopic (exact) mass is 375 g/mol. The van der Waals surface area contributed by atoms with Crippen LogP contribution in [0.1, 0.15) is 22.7 Å². The molecule has 0 bridgehead atoms. The van der Waals surface area contributed by atoms with Gasteiger partial charge in [-0.15, -0.1) is 0 Å². The molecule has 136 valence electrons. The third kappa shape index (κ3) is 3.59. The molecular formula is C23H21NO2S. The second-order valence-electron chi connectivity index (χ2n) is 6.76. The molecule has 4 heteroatoms. The molecule has 0 amide bonds. The lowest BCUT2D eigenvalue weighted by Gasteiger charge is -2.06. The van der Waals surface area contributed by atoms with E-state index in [2.05, 4.69) is 0 Å². The maximum absolute atomic E-state index is 13.2. The van der Waals surface area contributed by atoms with Gasteiger partial charge < -0.3 is 0 Å². The lowest BCUT2D eigenvalue weighted by atomic mass is 10.1. The highest BCUT2D eigenvalue weighted by atomic mass is 32.2. The number of hydrogen-bond acceptors (Lipinski definition) is 2. The van der Waals surface area contributed by atoms with E-state index in [9.17, 15) is 8.42 Å². The van der Waals surface area contributed by atoms with Crippen molar-refractivity contribution in [3.8, 4) is 0 Å². The molecule has 0 aliphatic carbocycles. The van der Waals surface area contributed by atoms with Gasteiger partial charge in [0.2, 0.25) is 10.0 Å². The first-order valence-electron chi connectivity index (χ1n) is 8.96.